The molecule has 1 amide bonds. The molecular formula is C21H25NO5. The smallest absolute Gasteiger partial charge is 0.219 e. The van der Waals surface area contributed by atoms with E-state index in [0.29, 0.717) is 36.1 Å². The average molecular weight is 371 g/mol. The van der Waals surface area contributed by atoms with Gasteiger partial charge in [0.15, 0.2) is 23.0 Å². The summed E-state index contributed by atoms with van der Waals surface area (Å²) in [5, 5.41) is 0. The summed E-state index contributed by atoms with van der Waals surface area (Å²) in [5.41, 5.74) is 3.14. The highest BCUT2D eigenvalue weighted by atomic mass is 16.5. The van der Waals surface area contributed by atoms with Crippen LogP contribution in [0.4, 0.5) is 0 Å². The van der Waals surface area contributed by atoms with Crippen molar-refractivity contribution in [3.8, 4) is 23.0 Å². The van der Waals surface area contributed by atoms with Gasteiger partial charge in [-0.3, -0.25) is 4.79 Å². The van der Waals surface area contributed by atoms with E-state index < -0.39 is 0 Å². The lowest BCUT2D eigenvalue weighted by Crippen LogP contribution is -2.37. The van der Waals surface area contributed by atoms with Crippen LogP contribution in [0.25, 0.3) is 0 Å². The molecule has 2 aromatic carbocycles. The third-order valence-corrected chi connectivity index (χ3v) is 5.07. The molecule has 3 rings (SSSR count). The van der Waals surface area contributed by atoms with Gasteiger partial charge in [0.2, 0.25) is 5.91 Å². The molecule has 0 spiro atoms. The van der Waals surface area contributed by atoms with Gasteiger partial charge in [-0.15, -0.1) is 0 Å². The molecule has 1 aliphatic rings. The average Bonchev–Trinajstić information content (AvgIpc) is 2.71. The van der Waals surface area contributed by atoms with E-state index in [1.807, 2.05) is 29.2 Å². The number of carbonyl (C=O) groups is 1. The fraction of sp³-hybridized carbons (Fsp3) is 0.381. The van der Waals surface area contributed by atoms with Crippen LogP contribution in [-0.4, -0.2) is 45.8 Å². The molecule has 0 aromatic heterocycles. The van der Waals surface area contributed by atoms with Gasteiger partial charge >= 0.3 is 0 Å². The zero-order chi connectivity index (χ0) is 19.6. The van der Waals surface area contributed by atoms with Gasteiger partial charge in [-0.2, -0.15) is 0 Å². The van der Waals surface area contributed by atoms with E-state index in [1.165, 1.54) is 0 Å². The number of amides is 1. The van der Waals surface area contributed by atoms with Gasteiger partial charge in [-0.25, -0.2) is 0 Å². The Bertz CT molecular complexity index is 849. The summed E-state index contributed by atoms with van der Waals surface area (Å²) in [7, 11) is 6.46. The van der Waals surface area contributed by atoms with Crippen molar-refractivity contribution in [1.29, 1.82) is 0 Å². The lowest BCUT2D eigenvalue weighted by molar-refractivity contribution is -0.129. The van der Waals surface area contributed by atoms with Gasteiger partial charge < -0.3 is 23.8 Å². The molecule has 0 aliphatic carbocycles. The number of fused-ring (bicyclic) bond motifs is 1. The topological polar surface area (TPSA) is 57.2 Å². The summed E-state index contributed by atoms with van der Waals surface area (Å²) in [6, 6.07) is 9.83. The van der Waals surface area contributed by atoms with Crippen LogP contribution in [0.5, 0.6) is 23.0 Å². The van der Waals surface area contributed by atoms with E-state index in [-0.39, 0.29) is 11.8 Å². The predicted octanol–water partition coefficient (Wildman–Crippen LogP) is 3.22. The number of methoxy groups -OCH3 is 4. The SMILES string of the molecule is COc1ccc(C2CN(C(C)=O)Cc3c2ccc(OC)c3OC)cc1OC. The maximum absolute atomic E-state index is 12.2. The number of rotatable bonds is 5. The molecule has 6 nitrogen and oxygen atoms in total. The van der Waals surface area contributed by atoms with E-state index >= 15 is 0 Å². The maximum atomic E-state index is 12.2. The Morgan fingerprint density at radius 1 is 0.926 bits per heavy atom. The van der Waals surface area contributed by atoms with Crippen molar-refractivity contribution < 1.29 is 23.7 Å². The number of hydrogen-bond donors (Lipinski definition) is 0. The Morgan fingerprint density at radius 2 is 1.59 bits per heavy atom. The number of carbonyl (C=O) groups excluding carboxylic acids is 1. The van der Waals surface area contributed by atoms with Crippen molar-refractivity contribution in [2.24, 2.45) is 0 Å². The molecule has 1 aliphatic heterocycles. The molecule has 2 aromatic rings. The van der Waals surface area contributed by atoms with Crippen molar-refractivity contribution in [1.82, 2.24) is 4.90 Å². The lowest BCUT2D eigenvalue weighted by atomic mass is 9.84. The van der Waals surface area contributed by atoms with Gasteiger partial charge in [0.25, 0.3) is 0 Å². The third-order valence-electron chi connectivity index (χ3n) is 5.07. The van der Waals surface area contributed by atoms with Gasteiger partial charge in [-0.1, -0.05) is 12.1 Å². The van der Waals surface area contributed by atoms with Crippen molar-refractivity contribution >= 4 is 5.91 Å². The number of nitrogens with zero attached hydrogens (tertiary/aromatic N) is 1. The zero-order valence-corrected chi connectivity index (χ0v) is 16.4. The molecule has 1 unspecified atom stereocenters. The first-order valence-corrected chi connectivity index (χ1v) is 8.75. The zero-order valence-electron chi connectivity index (χ0n) is 16.4. The van der Waals surface area contributed by atoms with E-state index in [2.05, 4.69) is 6.07 Å². The minimum absolute atomic E-state index is 0.00253. The normalized spacial score (nSPS) is 15.7. The molecular weight excluding hydrogens is 346 g/mol. The molecule has 0 N–H and O–H groups in total. The second kappa shape index (κ2) is 7.78. The van der Waals surface area contributed by atoms with E-state index in [1.54, 1.807) is 35.4 Å². The first kappa shape index (κ1) is 18.9. The number of ether oxygens (including phenoxy) is 4. The Hall–Kier alpha value is -2.89. The van der Waals surface area contributed by atoms with Crippen LogP contribution in [0.1, 0.15) is 29.5 Å². The molecule has 144 valence electrons. The number of benzene rings is 2. The Balaban J connectivity index is 2.15. The van der Waals surface area contributed by atoms with Crippen LogP contribution in [-0.2, 0) is 11.3 Å². The van der Waals surface area contributed by atoms with Crippen LogP contribution in [0.15, 0.2) is 30.3 Å². The fourth-order valence-corrected chi connectivity index (χ4v) is 3.66. The van der Waals surface area contributed by atoms with Crippen molar-refractivity contribution in [3.63, 3.8) is 0 Å². The minimum atomic E-state index is -0.00253. The molecule has 6 heteroatoms. The van der Waals surface area contributed by atoms with Crippen molar-refractivity contribution in [2.45, 2.75) is 19.4 Å². The van der Waals surface area contributed by atoms with E-state index in [0.717, 1.165) is 16.7 Å². The predicted molar refractivity (Wildman–Crippen MR) is 102 cm³/mol. The van der Waals surface area contributed by atoms with Crippen LogP contribution < -0.4 is 18.9 Å². The standard InChI is InChI=1S/C21H25NO5/c1-13(23)22-11-16(14-6-8-18(24-2)20(10-14)26-4)15-7-9-19(25-3)21(27-5)17(15)12-22/h6-10,16H,11-12H2,1-5H3. The van der Waals surface area contributed by atoms with Crippen LogP contribution in [0, 0.1) is 0 Å². The summed E-state index contributed by atoms with van der Waals surface area (Å²) < 4.78 is 21.9. The molecule has 1 atom stereocenters. The quantitative estimate of drug-likeness (QED) is 0.808. The highest BCUT2D eigenvalue weighted by molar-refractivity contribution is 5.74. The first-order valence-electron chi connectivity index (χ1n) is 8.75. The second-order valence-electron chi connectivity index (χ2n) is 6.44. The lowest BCUT2D eigenvalue weighted by Gasteiger charge is -2.35. The van der Waals surface area contributed by atoms with Crippen molar-refractivity contribution in [3.05, 3.63) is 47.0 Å². The molecule has 27 heavy (non-hydrogen) atoms. The summed E-state index contributed by atoms with van der Waals surface area (Å²) in [4.78, 5) is 14.0. The molecule has 1 heterocycles. The van der Waals surface area contributed by atoms with Gasteiger partial charge in [-0.05, 0) is 29.3 Å². The fourth-order valence-electron chi connectivity index (χ4n) is 3.66. The largest absolute Gasteiger partial charge is 0.493 e. The summed E-state index contributed by atoms with van der Waals surface area (Å²) in [5.74, 6) is 2.69. The van der Waals surface area contributed by atoms with Gasteiger partial charge in [0, 0.05) is 31.5 Å². The monoisotopic (exact) mass is 371 g/mol. The molecule has 0 saturated heterocycles. The maximum Gasteiger partial charge on any atom is 0.219 e. The third kappa shape index (κ3) is 3.39. The Labute approximate surface area is 159 Å². The molecule has 0 saturated carbocycles. The first-order chi connectivity index (χ1) is 13.0. The highest BCUT2D eigenvalue weighted by Gasteiger charge is 2.31. The van der Waals surface area contributed by atoms with Crippen LogP contribution in [0.3, 0.4) is 0 Å². The Kier molecular flexibility index (Phi) is 5.44. The van der Waals surface area contributed by atoms with E-state index in [9.17, 15) is 4.79 Å². The number of hydrogen-bond acceptors (Lipinski definition) is 5. The van der Waals surface area contributed by atoms with E-state index in [4.69, 9.17) is 18.9 Å². The minimum Gasteiger partial charge on any atom is -0.493 e. The molecule has 0 fully saturated rings. The highest BCUT2D eigenvalue weighted by Crippen LogP contribution is 2.43. The van der Waals surface area contributed by atoms with Gasteiger partial charge in [0.05, 0.1) is 28.4 Å². The summed E-state index contributed by atoms with van der Waals surface area (Å²) in [6.07, 6.45) is 0. The van der Waals surface area contributed by atoms with Crippen molar-refractivity contribution in [2.75, 3.05) is 35.0 Å². The Morgan fingerprint density at radius 3 is 2.19 bits per heavy atom. The summed E-state index contributed by atoms with van der Waals surface area (Å²) >= 11 is 0. The van der Waals surface area contributed by atoms with Crippen LogP contribution >= 0.6 is 0 Å². The van der Waals surface area contributed by atoms with Gasteiger partial charge in [0.1, 0.15) is 0 Å². The summed E-state index contributed by atoms with van der Waals surface area (Å²) in [6.45, 7) is 2.67. The van der Waals surface area contributed by atoms with Crippen LogP contribution in [0.2, 0.25) is 0 Å². The second-order valence-corrected chi connectivity index (χ2v) is 6.44. The molecule has 0 radical (unpaired) electrons. The molecule has 0 bridgehead atoms.